The van der Waals surface area contributed by atoms with Gasteiger partial charge in [-0.05, 0) is 69.4 Å². The highest BCUT2D eigenvalue weighted by Gasteiger charge is 2.42. The molecule has 1 saturated carbocycles. The lowest BCUT2D eigenvalue weighted by molar-refractivity contribution is -0.274. The second-order valence-corrected chi connectivity index (χ2v) is 10.9. The molecule has 1 N–H and O–H groups in total. The van der Waals surface area contributed by atoms with Crippen molar-refractivity contribution in [2.75, 3.05) is 4.90 Å². The van der Waals surface area contributed by atoms with Crippen molar-refractivity contribution in [3.8, 4) is 17.0 Å². The predicted octanol–water partition coefficient (Wildman–Crippen LogP) is 5.98. The van der Waals surface area contributed by atoms with Gasteiger partial charge in [-0.15, -0.1) is 13.2 Å². The summed E-state index contributed by atoms with van der Waals surface area (Å²) >= 11 is 0. The highest BCUT2D eigenvalue weighted by Crippen LogP contribution is 2.46. The van der Waals surface area contributed by atoms with Crippen molar-refractivity contribution < 1.29 is 32.0 Å². The van der Waals surface area contributed by atoms with Crippen LogP contribution in [0.3, 0.4) is 0 Å². The minimum absolute atomic E-state index is 0.000277. The summed E-state index contributed by atoms with van der Waals surface area (Å²) in [5, 5.41) is 4.19. The van der Waals surface area contributed by atoms with Crippen LogP contribution in [0.1, 0.15) is 61.3 Å². The van der Waals surface area contributed by atoms with Crippen LogP contribution in [0, 0.1) is 0 Å². The molecule has 2 aromatic heterocycles. The van der Waals surface area contributed by atoms with E-state index in [9.17, 15) is 13.2 Å². The molecule has 1 unspecified atom stereocenters. The molecule has 0 radical (unpaired) electrons. The van der Waals surface area contributed by atoms with Crippen LogP contribution in [0.5, 0.6) is 5.75 Å². The topological polar surface area (TPSA) is 94.2 Å². The number of rotatable bonds is 8. The summed E-state index contributed by atoms with van der Waals surface area (Å²) in [6.45, 7) is 3.89. The number of fused-ring (bicyclic) bond motifs is 2. The Morgan fingerprint density at radius 1 is 1.05 bits per heavy atom. The van der Waals surface area contributed by atoms with E-state index >= 15 is 0 Å². The van der Waals surface area contributed by atoms with E-state index in [2.05, 4.69) is 31.8 Å². The third kappa shape index (κ3) is 5.23. The van der Waals surface area contributed by atoms with Gasteiger partial charge in [0.2, 0.25) is 5.88 Å². The fourth-order valence-electron chi connectivity index (χ4n) is 6.13. The fourth-order valence-corrected chi connectivity index (χ4v) is 6.13. The molecule has 3 aliphatic heterocycles. The van der Waals surface area contributed by atoms with Crippen molar-refractivity contribution in [2.24, 2.45) is 4.99 Å². The Labute approximate surface area is 233 Å². The maximum absolute atomic E-state index is 13.1. The number of aliphatic imine (C=N–C) groups is 1. The van der Waals surface area contributed by atoms with Crippen molar-refractivity contribution in [1.82, 2.24) is 15.6 Å². The molecular weight excluding hydrogens is 539 g/mol. The van der Waals surface area contributed by atoms with E-state index in [0.717, 1.165) is 49.9 Å². The van der Waals surface area contributed by atoms with E-state index in [-0.39, 0.29) is 42.0 Å². The lowest BCUT2D eigenvalue weighted by Gasteiger charge is -2.39. The lowest BCUT2D eigenvalue weighted by atomic mass is 9.99. The number of hydrogen-bond donors (Lipinski definition) is 1. The maximum Gasteiger partial charge on any atom is 0.573 e. The Hall–Kier alpha value is -4.06. The van der Waals surface area contributed by atoms with Crippen LogP contribution in [0.2, 0.25) is 0 Å². The van der Waals surface area contributed by atoms with E-state index in [0.29, 0.717) is 28.7 Å². The fraction of sp³-hybridized carbons (Fsp3) is 0.414. The quantitative estimate of drug-likeness (QED) is 0.355. The molecule has 3 atom stereocenters. The minimum Gasteiger partial charge on any atom is -0.405 e. The van der Waals surface area contributed by atoms with E-state index < -0.39 is 6.36 Å². The first-order valence-corrected chi connectivity index (χ1v) is 13.7. The standard InChI is InChI=1S/C29H28F3N5O4/c1-16-34-28(36-40-16)18-8-11-25(33-14-18)37-19-9-10-20(37)13-21(12-19)38-15-23-26(35-41-27(23)17-6-7-17)22-4-2-3-5-24(22)39-29(30,31)32/h2-5,8,11,14,17,19-21H,1,6-7,9-10,12-13,15H2,(H,34,36)/t19-,20+,21?. The Kier molecular flexibility index (Phi) is 6.37. The van der Waals surface area contributed by atoms with Gasteiger partial charge in [0.1, 0.15) is 23.0 Å². The van der Waals surface area contributed by atoms with E-state index in [1.807, 2.05) is 12.1 Å². The lowest BCUT2D eigenvalue weighted by Crippen LogP contribution is -2.46. The second-order valence-electron chi connectivity index (χ2n) is 10.9. The summed E-state index contributed by atoms with van der Waals surface area (Å²) in [4.78, 5) is 16.4. The van der Waals surface area contributed by atoms with Crippen LogP contribution < -0.4 is 15.1 Å². The molecule has 0 spiro atoms. The first kappa shape index (κ1) is 25.9. The molecule has 214 valence electrons. The number of amidine groups is 1. The summed E-state index contributed by atoms with van der Waals surface area (Å²) < 4.78 is 55.7. The van der Waals surface area contributed by atoms with E-state index in [4.69, 9.17) is 19.1 Å². The second kappa shape index (κ2) is 10.1. The van der Waals surface area contributed by atoms with Crippen LogP contribution in [0.25, 0.3) is 11.3 Å². The van der Waals surface area contributed by atoms with Gasteiger partial charge in [-0.3, -0.25) is 0 Å². The summed E-state index contributed by atoms with van der Waals surface area (Å²) in [5.74, 6) is 2.40. The average molecular weight is 568 g/mol. The van der Waals surface area contributed by atoms with Crippen LogP contribution in [-0.4, -0.2) is 40.5 Å². The largest absolute Gasteiger partial charge is 0.573 e. The molecule has 12 heteroatoms. The zero-order valence-electron chi connectivity index (χ0n) is 22.1. The number of benzene rings is 1. The van der Waals surface area contributed by atoms with Gasteiger partial charge in [0.25, 0.3) is 0 Å². The van der Waals surface area contributed by atoms with Crippen molar-refractivity contribution in [3.63, 3.8) is 0 Å². The number of hydroxylamine groups is 1. The molecule has 0 amide bonds. The van der Waals surface area contributed by atoms with Crippen LogP contribution in [0.15, 0.2) is 64.6 Å². The molecule has 2 bridgehead atoms. The number of anilines is 1. The Bertz CT molecular complexity index is 1470. The Morgan fingerprint density at radius 2 is 1.83 bits per heavy atom. The summed E-state index contributed by atoms with van der Waals surface area (Å²) in [6, 6.07) is 10.5. The SMILES string of the molecule is C=C1N=C(c2ccc(N3[C@@H]4CC[C@H]3CC(OCc3c(-c5ccccc5OC(F)(F)F)noc3C3CC3)C4)nc2)NO1. The smallest absolute Gasteiger partial charge is 0.405 e. The number of ether oxygens (including phenoxy) is 2. The first-order chi connectivity index (χ1) is 19.8. The normalized spacial score (nSPS) is 23.8. The number of piperidine rings is 1. The average Bonchev–Trinajstić information content (AvgIpc) is 3.46. The zero-order chi connectivity index (χ0) is 28.1. The number of pyridine rings is 1. The summed E-state index contributed by atoms with van der Waals surface area (Å²) in [7, 11) is 0. The van der Waals surface area contributed by atoms with Gasteiger partial charge in [0, 0.05) is 40.9 Å². The molecule has 41 heavy (non-hydrogen) atoms. The third-order valence-electron chi connectivity index (χ3n) is 8.08. The molecule has 9 nitrogen and oxygen atoms in total. The van der Waals surface area contributed by atoms with Gasteiger partial charge < -0.3 is 23.7 Å². The molecule has 3 fully saturated rings. The monoisotopic (exact) mass is 567 g/mol. The van der Waals surface area contributed by atoms with Gasteiger partial charge in [-0.25, -0.2) is 10.5 Å². The van der Waals surface area contributed by atoms with Gasteiger partial charge in [0.05, 0.1) is 12.7 Å². The van der Waals surface area contributed by atoms with Gasteiger partial charge >= 0.3 is 6.36 Å². The number of aromatic nitrogens is 2. The minimum atomic E-state index is -4.82. The van der Waals surface area contributed by atoms with Crippen molar-refractivity contribution >= 4 is 11.7 Å². The zero-order valence-corrected chi connectivity index (χ0v) is 22.1. The van der Waals surface area contributed by atoms with E-state index in [1.165, 1.54) is 12.1 Å². The van der Waals surface area contributed by atoms with Gasteiger partial charge in [-0.2, -0.15) is 4.99 Å². The van der Waals surface area contributed by atoms with Crippen molar-refractivity contribution in [1.29, 1.82) is 0 Å². The summed E-state index contributed by atoms with van der Waals surface area (Å²) in [5.41, 5.74) is 4.83. The number of nitrogens with one attached hydrogen (secondary N) is 1. The number of halogens is 3. The molecule has 7 rings (SSSR count). The molecular formula is C29H28F3N5O4. The van der Waals surface area contributed by atoms with Crippen LogP contribution in [0.4, 0.5) is 19.0 Å². The predicted molar refractivity (Wildman–Crippen MR) is 142 cm³/mol. The maximum atomic E-state index is 13.1. The van der Waals surface area contributed by atoms with Gasteiger partial charge in [0.15, 0.2) is 5.84 Å². The number of para-hydroxylation sites is 1. The van der Waals surface area contributed by atoms with Crippen LogP contribution in [-0.2, 0) is 16.2 Å². The van der Waals surface area contributed by atoms with Crippen molar-refractivity contribution in [2.45, 2.75) is 75.6 Å². The molecule has 3 aromatic rings. The number of nitrogens with zero attached hydrogens (tertiary/aromatic N) is 4. The number of hydrogen-bond acceptors (Lipinski definition) is 9. The van der Waals surface area contributed by atoms with E-state index in [1.54, 1.807) is 18.3 Å². The molecule has 5 heterocycles. The summed E-state index contributed by atoms with van der Waals surface area (Å²) in [6.07, 6.45) is 2.63. The molecule has 4 aliphatic rings. The third-order valence-corrected chi connectivity index (χ3v) is 8.08. The molecule has 2 saturated heterocycles. The molecule has 1 aliphatic carbocycles. The number of alkyl halides is 3. The highest BCUT2D eigenvalue weighted by atomic mass is 19.4. The Balaban J connectivity index is 1.06. The first-order valence-electron chi connectivity index (χ1n) is 13.7. The van der Waals surface area contributed by atoms with Gasteiger partial charge in [-0.1, -0.05) is 17.3 Å². The highest BCUT2D eigenvalue weighted by molar-refractivity contribution is 5.99. The molecule has 1 aromatic carbocycles. The van der Waals surface area contributed by atoms with Crippen molar-refractivity contribution in [3.05, 3.63) is 71.9 Å². The Morgan fingerprint density at radius 3 is 2.49 bits per heavy atom. The van der Waals surface area contributed by atoms with Crippen LogP contribution >= 0.6 is 0 Å².